The first-order chi connectivity index (χ1) is 9.15. The average Bonchev–Trinajstić information content (AvgIpc) is 2.39. The van der Waals surface area contributed by atoms with E-state index in [0.717, 1.165) is 37.7 Å². The molecule has 1 atom stereocenters. The number of aromatic nitrogens is 1. The molecular formula is C15H25N3S. The summed E-state index contributed by atoms with van der Waals surface area (Å²) in [6.45, 7) is 10.9. The van der Waals surface area contributed by atoms with Crippen LogP contribution in [-0.4, -0.2) is 35.6 Å². The third-order valence-electron chi connectivity index (χ3n) is 3.22. The van der Waals surface area contributed by atoms with Crippen molar-refractivity contribution in [1.29, 1.82) is 0 Å². The van der Waals surface area contributed by atoms with Gasteiger partial charge in [0.2, 0.25) is 0 Å². The maximum atomic E-state index is 4.78. The molecule has 1 saturated heterocycles. The van der Waals surface area contributed by atoms with Crippen molar-refractivity contribution < 1.29 is 0 Å². The van der Waals surface area contributed by atoms with Crippen molar-refractivity contribution in [2.75, 3.05) is 30.3 Å². The van der Waals surface area contributed by atoms with E-state index in [1.807, 2.05) is 0 Å². The SMILES string of the molecule is CC(C)CNCc1cccc(N2CCSC(C)C2)n1. The fourth-order valence-corrected chi connectivity index (χ4v) is 3.27. The third kappa shape index (κ3) is 4.69. The van der Waals surface area contributed by atoms with E-state index in [1.54, 1.807) is 0 Å². The number of hydrogen-bond acceptors (Lipinski definition) is 4. The molecule has 0 aromatic carbocycles. The van der Waals surface area contributed by atoms with Crippen LogP contribution in [0.3, 0.4) is 0 Å². The fraction of sp³-hybridized carbons (Fsp3) is 0.667. The molecule has 0 amide bonds. The first-order valence-corrected chi connectivity index (χ1v) is 8.23. The van der Waals surface area contributed by atoms with Gasteiger partial charge in [-0.2, -0.15) is 11.8 Å². The Bertz CT molecular complexity index is 395. The Hall–Kier alpha value is -0.740. The lowest BCUT2D eigenvalue weighted by atomic mass is 10.2. The Morgan fingerprint density at radius 2 is 2.32 bits per heavy atom. The van der Waals surface area contributed by atoms with Gasteiger partial charge in [-0.3, -0.25) is 0 Å². The summed E-state index contributed by atoms with van der Waals surface area (Å²) < 4.78 is 0. The number of nitrogens with one attached hydrogen (secondary N) is 1. The topological polar surface area (TPSA) is 28.2 Å². The standard InChI is InChI=1S/C15H25N3S/c1-12(2)9-16-10-14-5-4-6-15(17-14)18-7-8-19-13(3)11-18/h4-6,12-13,16H,7-11H2,1-3H3. The largest absolute Gasteiger partial charge is 0.355 e. The van der Waals surface area contributed by atoms with Gasteiger partial charge in [0, 0.05) is 30.6 Å². The highest BCUT2D eigenvalue weighted by atomic mass is 32.2. The van der Waals surface area contributed by atoms with E-state index in [4.69, 9.17) is 4.98 Å². The lowest BCUT2D eigenvalue weighted by Crippen LogP contribution is -2.37. The fourth-order valence-electron chi connectivity index (χ4n) is 2.26. The first-order valence-electron chi connectivity index (χ1n) is 7.18. The zero-order valence-electron chi connectivity index (χ0n) is 12.2. The van der Waals surface area contributed by atoms with E-state index in [-0.39, 0.29) is 0 Å². The molecule has 2 heterocycles. The molecule has 1 aromatic heterocycles. The molecule has 1 fully saturated rings. The molecule has 3 nitrogen and oxygen atoms in total. The monoisotopic (exact) mass is 279 g/mol. The van der Waals surface area contributed by atoms with Crippen LogP contribution in [0.2, 0.25) is 0 Å². The van der Waals surface area contributed by atoms with Crippen LogP contribution in [-0.2, 0) is 6.54 Å². The number of hydrogen-bond donors (Lipinski definition) is 1. The molecule has 0 saturated carbocycles. The van der Waals surface area contributed by atoms with Crippen molar-refractivity contribution in [3.05, 3.63) is 23.9 Å². The molecule has 106 valence electrons. The summed E-state index contributed by atoms with van der Waals surface area (Å²) >= 11 is 2.06. The Balaban J connectivity index is 1.94. The predicted octanol–water partition coefficient (Wildman–Crippen LogP) is 2.77. The molecule has 1 N–H and O–H groups in total. The van der Waals surface area contributed by atoms with E-state index in [2.05, 4.69) is 60.9 Å². The Morgan fingerprint density at radius 3 is 3.05 bits per heavy atom. The summed E-state index contributed by atoms with van der Waals surface area (Å²) in [5, 5.41) is 4.16. The van der Waals surface area contributed by atoms with E-state index in [1.165, 1.54) is 5.75 Å². The summed E-state index contributed by atoms with van der Waals surface area (Å²) in [4.78, 5) is 7.19. The second-order valence-corrected chi connectivity index (χ2v) is 7.19. The van der Waals surface area contributed by atoms with Crippen LogP contribution in [0.4, 0.5) is 5.82 Å². The van der Waals surface area contributed by atoms with Crippen LogP contribution < -0.4 is 10.2 Å². The normalized spacial score (nSPS) is 20.0. The highest BCUT2D eigenvalue weighted by Gasteiger charge is 2.17. The minimum absolute atomic E-state index is 0.683. The smallest absolute Gasteiger partial charge is 0.128 e. The Morgan fingerprint density at radius 1 is 1.47 bits per heavy atom. The van der Waals surface area contributed by atoms with Gasteiger partial charge < -0.3 is 10.2 Å². The molecular weight excluding hydrogens is 254 g/mol. The van der Waals surface area contributed by atoms with Gasteiger partial charge in [0.25, 0.3) is 0 Å². The molecule has 2 rings (SSSR count). The molecule has 1 aliphatic heterocycles. The molecule has 1 aromatic rings. The number of nitrogens with zero attached hydrogens (tertiary/aromatic N) is 2. The second kappa shape index (κ2) is 7.15. The minimum atomic E-state index is 0.683. The van der Waals surface area contributed by atoms with E-state index < -0.39 is 0 Å². The summed E-state index contributed by atoms with van der Waals surface area (Å²) in [6.07, 6.45) is 0. The van der Waals surface area contributed by atoms with Crippen molar-refractivity contribution >= 4 is 17.6 Å². The van der Waals surface area contributed by atoms with E-state index in [9.17, 15) is 0 Å². The zero-order valence-corrected chi connectivity index (χ0v) is 13.0. The van der Waals surface area contributed by atoms with Crippen molar-refractivity contribution in [3.8, 4) is 0 Å². The molecule has 4 heteroatoms. The lowest BCUT2D eigenvalue weighted by molar-refractivity contribution is 0.548. The van der Waals surface area contributed by atoms with Gasteiger partial charge in [0.1, 0.15) is 5.82 Å². The van der Waals surface area contributed by atoms with Crippen molar-refractivity contribution in [1.82, 2.24) is 10.3 Å². The quantitative estimate of drug-likeness (QED) is 0.897. The number of rotatable bonds is 5. The summed E-state index contributed by atoms with van der Waals surface area (Å²) in [5.74, 6) is 3.03. The highest BCUT2D eigenvalue weighted by Crippen LogP contribution is 2.22. The van der Waals surface area contributed by atoms with Crippen LogP contribution in [0.25, 0.3) is 0 Å². The predicted molar refractivity (Wildman–Crippen MR) is 84.9 cm³/mol. The molecule has 1 unspecified atom stereocenters. The van der Waals surface area contributed by atoms with Gasteiger partial charge in [-0.15, -0.1) is 0 Å². The molecule has 0 aliphatic carbocycles. The average molecular weight is 279 g/mol. The van der Waals surface area contributed by atoms with Gasteiger partial charge in [0.15, 0.2) is 0 Å². The third-order valence-corrected chi connectivity index (χ3v) is 4.35. The van der Waals surface area contributed by atoms with Gasteiger partial charge in [-0.05, 0) is 24.6 Å². The van der Waals surface area contributed by atoms with Gasteiger partial charge in [-0.25, -0.2) is 4.98 Å². The van der Waals surface area contributed by atoms with Crippen molar-refractivity contribution in [2.45, 2.75) is 32.6 Å². The van der Waals surface area contributed by atoms with E-state index >= 15 is 0 Å². The van der Waals surface area contributed by atoms with Crippen molar-refractivity contribution in [3.63, 3.8) is 0 Å². The minimum Gasteiger partial charge on any atom is -0.355 e. The summed E-state index contributed by atoms with van der Waals surface area (Å²) in [5.41, 5.74) is 1.14. The van der Waals surface area contributed by atoms with Gasteiger partial charge in [0.05, 0.1) is 5.69 Å². The second-order valence-electron chi connectivity index (χ2n) is 5.64. The molecule has 0 bridgehead atoms. The van der Waals surface area contributed by atoms with Crippen LogP contribution >= 0.6 is 11.8 Å². The molecule has 0 spiro atoms. The van der Waals surface area contributed by atoms with E-state index in [0.29, 0.717) is 11.2 Å². The van der Waals surface area contributed by atoms with Crippen molar-refractivity contribution in [2.24, 2.45) is 5.92 Å². The Labute approximate surface area is 121 Å². The number of anilines is 1. The van der Waals surface area contributed by atoms with Gasteiger partial charge >= 0.3 is 0 Å². The number of pyridine rings is 1. The summed E-state index contributed by atoms with van der Waals surface area (Å²) in [6, 6.07) is 6.37. The maximum absolute atomic E-state index is 4.78. The summed E-state index contributed by atoms with van der Waals surface area (Å²) in [7, 11) is 0. The molecule has 1 aliphatic rings. The number of thioether (sulfide) groups is 1. The van der Waals surface area contributed by atoms with Crippen LogP contribution in [0.1, 0.15) is 26.5 Å². The molecule has 19 heavy (non-hydrogen) atoms. The first kappa shape index (κ1) is 14.7. The Kier molecular flexibility index (Phi) is 5.52. The highest BCUT2D eigenvalue weighted by molar-refractivity contribution is 8.00. The molecule has 0 radical (unpaired) electrons. The van der Waals surface area contributed by atoms with Gasteiger partial charge in [-0.1, -0.05) is 26.8 Å². The van der Waals surface area contributed by atoms with Crippen LogP contribution in [0.15, 0.2) is 18.2 Å². The maximum Gasteiger partial charge on any atom is 0.128 e. The van der Waals surface area contributed by atoms with Crippen LogP contribution in [0, 0.1) is 5.92 Å². The lowest BCUT2D eigenvalue weighted by Gasteiger charge is -2.31. The van der Waals surface area contributed by atoms with Crippen LogP contribution in [0.5, 0.6) is 0 Å². The zero-order chi connectivity index (χ0) is 13.7.